The molecule has 3 N–H and O–H groups in total. The van der Waals surface area contributed by atoms with Crippen molar-refractivity contribution in [3.05, 3.63) is 0 Å². The van der Waals surface area contributed by atoms with E-state index in [1.54, 1.807) is 0 Å². The number of hydrogen-bond acceptors (Lipinski definition) is 2. The molecule has 0 saturated heterocycles. The Bertz CT molecular complexity index is 179. The molecule has 0 unspecified atom stereocenters. The number of carbonyl (C=O) groups is 1. The normalized spacial score (nSPS) is 11.2. The van der Waals surface area contributed by atoms with E-state index in [-0.39, 0.29) is 6.03 Å². The Hall–Kier alpha value is -0.770. The minimum Gasteiger partial charge on any atom is -0.388 e. The van der Waals surface area contributed by atoms with Crippen LogP contribution in [0.25, 0.3) is 0 Å². The summed E-state index contributed by atoms with van der Waals surface area (Å²) < 4.78 is 0. The maximum absolute atomic E-state index is 11.3. The summed E-state index contributed by atoms with van der Waals surface area (Å²) in [5, 5.41) is 15.3. The summed E-state index contributed by atoms with van der Waals surface area (Å²) >= 11 is 0. The van der Waals surface area contributed by atoms with E-state index < -0.39 is 5.60 Å². The van der Waals surface area contributed by atoms with Gasteiger partial charge in [0.05, 0.1) is 5.60 Å². The van der Waals surface area contributed by atoms with E-state index in [1.165, 1.54) is 0 Å². The highest BCUT2D eigenvalue weighted by Crippen LogP contribution is 2.12. The van der Waals surface area contributed by atoms with Gasteiger partial charge in [-0.2, -0.15) is 0 Å². The second kappa shape index (κ2) is 7.51. The highest BCUT2D eigenvalue weighted by atomic mass is 16.3. The maximum atomic E-state index is 11.3. The third kappa shape index (κ3) is 6.33. The van der Waals surface area contributed by atoms with Gasteiger partial charge in [-0.3, -0.25) is 0 Å². The van der Waals surface area contributed by atoms with E-state index in [2.05, 4.69) is 17.6 Å². The van der Waals surface area contributed by atoms with Crippen LogP contribution in [0, 0.1) is 0 Å². The van der Waals surface area contributed by atoms with E-state index in [0.717, 1.165) is 12.8 Å². The van der Waals surface area contributed by atoms with E-state index in [1.807, 2.05) is 13.8 Å². The lowest BCUT2D eigenvalue weighted by atomic mass is 9.98. The summed E-state index contributed by atoms with van der Waals surface area (Å²) in [6, 6.07) is -0.191. The standard InChI is InChI=1S/C11H24N2O2/c1-4-7-8-12-10(14)13-9-11(15,5-2)6-3/h15H,4-9H2,1-3H3,(H2,12,13,14). The summed E-state index contributed by atoms with van der Waals surface area (Å²) in [5.41, 5.74) is -0.762. The summed E-state index contributed by atoms with van der Waals surface area (Å²) in [7, 11) is 0. The third-order valence-electron chi connectivity index (χ3n) is 2.71. The summed E-state index contributed by atoms with van der Waals surface area (Å²) in [6.07, 6.45) is 3.35. The monoisotopic (exact) mass is 216 g/mol. The molecular weight excluding hydrogens is 192 g/mol. The fourth-order valence-electron chi connectivity index (χ4n) is 1.19. The SMILES string of the molecule is CCCCNC(=O)NCC(O)(CC)CC. The van der Waals surface area contributed by atoms with Crippen LogP contribution in [0.5, 0.6) is 0 Å². The minimum absolute atomic E-state index is 0.191. The van der Waals surface area contributed by atoms with Crippen LogP contribution >= 0.6 is 0 Å². The molecule has 4 nitrogen and oxygen atoms in total. The van der Waals surface area contributed by atoms with Crippen molar-refractivity contribution < 1.29 is 9.90 Å². The summed E-state index contributed by atoms with van der Waals surface area (Å²) in [5.74, 6) is 0. The predicted octanol–water partition coefficient (Wildman–Crippen LogP) is 1.64. The molecule has 90 valence electrons. The first-order chi connectivity index (χ1) is 7.08. The molecule has 4 heteroatoms. The van der Waals surface area contributed by atoms with Crippen LogP contribution in [-0.2, 0) is 0 Å². The zero-order chi connectivity index (χ0) is 11.7. The van der Waals surface area contributed by atoms with Crippen molar-refractivity contribution in [2.75, 3.05) is 13.1 Å². The van der Waals surface area contributed by atoms with Crippen molar-refractivity contribution in [1.82, 2.24) is 10.6 Å². The van der Waals surface area contributed by atoms with E-state index in [4.69, 9.17) is 0 Å². The van der Waals surface area contributed by atoms with Gasteiger partial charge < -0.3 is 15.7 Å². The number of unbranched alkanes of at least 4 members (excludes halogenated alkanes) is 1. The summed E-state index contributed by atoms with van der Waals surface area (Å²) in [4.78, 5) is 11.3. The van der Waals surface area contributed by atoms with Crippen molar-refractivity contribution in [1.29, 1.82) is 0 Å². The van der Waals surface area contributed by atoms with Gasteiger partial charge in [0.2, 0.25) is 0 Å². The second-order valence-electron chi connectivity index (χ2n) is 3.89. The van der Waals surface area contributed by atoms with Gasteiger partial charge in [-0.15, -0.1) is 0 Å². The molecule has 0 atom stereocenters. The van der Waals surface area contributed by atoms with Gasteiger partial charge >= 0.3 is 6.03 Å². The second-order valence-corrected chi connectivity index (χ2v) is 3.89. The molecule has 0 radical (unpaired) electrons. The lowest BCUT2D eigenvalue weighted by Crippen LogP contribution is -2.46. The van der Waals surface area contributed by atoms with Crippen LogP contribution in [0.3, 0.4) is 0 Å². The van der Waals surface area contributed by atoms with Crippen molar-refractivity contribution in [3.63, 3.8) is 0 Å². The van der Waals surface area contributed by atoms with Gasteiger partial charge in [0.1, 0.15) is 0 Å². The van der Waals surface area contributed by atoms with E-state index in [9.17, 15) is 9.90 Å². The Morgan fingerprint density at radius 2 is 1.80 bits per heavy atom. The highest BCUT2D eigenvalue weighted by Gasteiger charge is 2.22. The molecule has 0 aliphatic heterocycles. The first-order valence-corrected chi connectivity index (χ1v) is 5.82. The Morgan fingerprint density at radius 3 is 2.27 bits per heavy atom. The first kappa shape index (κ1) is 14.2. The van der Waals surface area contributed by atoms with E-state index in [0.29, 0.717) is 25.9 Å². The molecule has 0 aromatic heterocycles. The molecule has 0 heterocycles. The number of carbonyl (C=O) groups excluding carboxylic acids is 1. The average molecular weight is 216 g/mol. The van der Waals surface area contributed by atoms with Crippen LogP contribution in [-0.4, -0.2) is 29.8 Å². The van der Waals surface area contributed by atoms with Crippen LogP contribution < -0.4 is 10.6 Å². The van der Waals surface area contributed by atoms with Crippen molar-refractivity contribution in [2.24, 2.45) is 0 Å². The van der Waals surface area contributed by atoms with Gasteiger partial charge in [-0.05, 0) is 19.3 Å². The molecule has 0 aliphatic carbocycles. The van der Waals surface area contributed by atoms with Gasteiger partial charge in [-0.1, -0.05) is 27.2 Å². The molecule has 0 fully saturated rings. The molecule has 0 spiro atoms. The molecule has 0 bridgehead atoms. The van der Waals surface area contributed by atoms with Crippen molar-refractivity contribution >= 4 is 6.03 Å². The fraction of sp³-hybridized carbons (Fsp3) is 0.909. The number of amides is 2. The molecule has 0 rings (SSSR count). The van der Waals surface area contributed by atoms with E-state index >= 15 is 0 Å². The lowest BCUT2D eigenvalue weighted by Gasteiger charge is -2.25. The molecule has 2 amide bonds. The van der Waals surface area contributed by atoms with Crippen molar-refractivity contribution in [3.8, 4) is 0 Å². The maximum Gasteiger partial charge on any atom is 0.314 e. The Labute approximate surface area is 92.4 Å². The van der Waals surface area contributed by atoms with Gasteiger partial charge in [0.25, 0.3) is 0 Å². The Balaban J connectivity index is 3.69. The van der Waals surface area contributed by atoms with Crippen LogP contribution in [0.4, 0.5) is 4.79 Å². The highest BCUT2D eigenvalue weighted by molar-refractivity contribution is 5.73. The number of nitrogens with one attached hydrogen (secondary N) is 2. The molecule has 0 aliphatic rings. The fourth-order valence-corrected chi connectivity index (χ4v) is 1.19. The summed E-state index contributed by atoms with van der Waals surface area (Å²) in [6.45, 7) is 6.92. The van der Waals surface area contributed by atoms with Gasteiger partial charge in [0, 0.05) is 13.1 Å². The Kier molecular flexibility index (Phi) is 7.13. The zero-order valence-electron chi connectivity index (χ0n) is 10.1. The number of aliphatic hydroxyl groups is 1. The quantitative estimate of drug-likeness (QED) is 0.566. The van der Waals surface area contributed by atoms with Crippen LogP contribution in [0.1, 0.15) is 46.5 Å². The molecule has 0 aromatic rings. The first-order valence-electron chi connectivity index (χ1n) is 5.82. The average Bonchev–Trinajstić information content (AvgIpc) is 2.26. The zero-order valence-corrected chi connectivity index (χ0v) is 10.1. The van der Waals surface area contributed by atoms with Crippen LogP contribution in [0.2, 0.25) is 0 Å². The topological polar surface area (TPSA) is 61.4 Å². The van der Waals surface area contributed by atoms with Gasteiger partial charge in [0.15, 0.2) is 0 Å². The predicted molar refractivity (Wildman–Crippen MR) is 61.8 cm³/mol. The van der Waals surface area contributed by atoms with Gasteiger partial charge in [-0.25, -0.2) is 4.79 Å². The van der Waals surface area contributed by atoms with Crippen LogP contribution in [0.15, 0.2) is 0 Å². The molecular formula is C11H24N2O2. The van der Waals surface area contributed by atoms with Crippen molar-refractivity contribution in [2.45, 2.75) is 52.1 Å². The largest absolute Gasteiger partial charge is 0.388 e. The number of rotatable bonds is 7. The minimum atomic E-state index is -0.762. The molecule has 0 aromatic carbocycles. The smallest absolute Gasteiger partial charge is 0.314 e. The Morgan fingerprint density at radius 1 is 1.20 bits per heavy atom. The third-order valence-corrected chi connectivity index (χ3v) is 2.71. The molecule has 15 heavy (non-hydrogen) atoms. The lowest BCUT2D eigenvalue weighted by molar-refractivity contribution is 0.0349. The number of hydrogen-bond donors (Lipinski definition) is 3. The number of urea groups is 1. The molecule has 0 saturated carbocycles.